The maximum atomic E-state index is 14.6. The maximum Gasteiger partial charge on any atom is 0.411 e. The lowest BCUT2D eigenvalue weighted by molar-refractivity contribution is 0.00869. The second-order valence-electron chi connectivity index (χ2n) is 14.2. The summed E-state index contributed by atoms with van der Waals surface area (Å²) in [6.45, 7) is 14.5. The van der Waals surface area contributed by atoms with Crippen LogP contribution in [0.25, 0.3) is 0 Å². The van der Waals surface area contributed by atoms with Crippen molar-refractivity contribution >= 4 is 12.0 Å². The van der Waals surface area contributed by atoms with Crippen molar-refractivity contribution < 1.29 is 27.8 Å². The maximum absolute atomic E-state index is 14.6. The molecule has 2 aliphatic rings. The van der Waals surface area contributed by atoms with Gasteiger partial charge in [-0.25, -0.2) is 23.5 Å². The van der Waals surface area contributed by atoms with Gasteiger partial charge >= 0.3 is 6.09 Å². The van der Waals surface area contributed by atoms with E-state index < -0.39 is 29.0 Å². The van der Waals surface area contributed by atoms with Crippen molar-refractivity contribution in [2.75, 3.05) is 13.1 Å². The third-order valence-electron chi connectivity index (χ3n) is 8.87. The average molecular weight is 650 g/mol. The summed E-state index contributed by atoms with van der Waals surface area (Å²) < 4.78 is 40.9. The Hall–Kier alpha value is -4.12. The molecule has 1 N–H and O–H groups in total. The lowest BCUT2D eigenvalue weighted by Crippen LogP contribution is -2.44. The molecule has 2 saturated heterocycles. The number of rotatable bonds is 8. The van der Waals surface area contributed by atoms with Crippen LogP contribution in [0.5, 0.6) is 11.5 Å². The molecule has 2 aliphatic heterocycles. The van der Waals surface area contributed by atoms with Crippen molar-refractivity contribution in [2.24, 2.45) is 5.41 Å². The van der Waals surface area contributed by atoms with E-state index in [1.165, 1.54) is 42.9 Å². The normalized spacial score (nSPS) is 21.1. The van der Waals surface area contributed by atoms with E-state index in [1.807, 2.05) is 48.5 Å². The number of benzene rings is 2. The van der Waals surface area contributed by atoms with Crippen molar-refractivity contribution in [3.05, 3.63) is 83.4 Å². The van der Waals surface area contributed by atoms with Gasteiger partial charge in [-0.3, -0.25) is 9.69 Å². The number of nitrogens with zero attached hydrogens (tertiary/aromatic N) is 4. The van der Waals surface area contributed by atoms with Gasteiger partial charge in [0.25, 0.3) is 5.91 Å². The summed E-state index contributed by atoms with van der Waals surface area (Å²) in [5.74, 6) is -0.855. The summed E-state index contributed by atoms with van der Waals surface area (Å²) in [5.41, 5.74) is 0.230. The summed E-state index contributed by atoms with van der Waals surface area (Å²) in [7, 11) is 0. The molecule has 1 aromatic heterocycles. The minimum Gasteiger partial charge on any atom is -0.453 e. The monoisotopic (exact) mass is 649 g/mol. The molecule has 47 heavy (non-hydrogen) atoms. The van der Waals surface area contributed by atoms with Crippen molar-refractivity contribution in [3.8, 4) is 11.5 Å². The number of nitrogens with one attached hydrogen (secondary N) is 1. The van der Waals surface area contributed by atoms with Crippen LogP contribution in [-0.4, -0.2) is 68.6 Å². The van der Waals surface area contributed by atoms with Gasteiger partial charge in [-0.1, -0.05) is 12.1 Å². The Morgan fingerprint density at radius 2 is 1.72 bits per heavy atom. The van der Waals surface area contributed by atoms with E-state index in [1.54, 1.807) is 21.9 Å². The zero-order chi connectivity index (χ0) is 34.1. The lowest BCUT2D eigenvalue weighted by Gasteiger charge is -2.36. The Morgan fingerprint density at radius 1 is 1.04 bits per heavy atom. The van der Waals surface area contributed by atoms with E-state index >= 15 is 0 Å². The zero-order valence-corrected chi connectivity index (χ0v) is 28.2. The first kappa shape index (κ1) is 34.2. The van der Waals surface area contributed by atoms with Gasteiger partial charge in [-0.05, 0) is 110 Å². The molecule has 3 heterocycles. The number of hydrogen-bond acceptors (Lipinski definition) is 7. The summed E-state index contributed by atoms with van der Waals surface area (Å²) in [4.78, 5) is 40.3. The summed E-state index contributed by atoms with van der Waals surface area (Å²) in [5, 5.41) is 3.48. The van der Waals surface area contributed by atoms with E-state index in [4.69, 9.17) is 14.5 Å². The number of carbonyl (C=O) groups is 2. The average Bonchev–Trinajstić information content (AvgIpc) is 3.58. The number of amides is 2. The first-order valence-corrected chi connectivity index (χ1v) is 16.3. The van der Waals surface area contributed by atoms with Crippen LogP contribution >= 0.6 is 0 Å². The molecular formula is C36H45F2N5O4. The number of ether oxygens (including phenoxy) is 2. The van der Waals surface area contributed by atoms with Crippen LogP contribution in [0.4, 0.5) is 13.6 Å². The molecule has 3 atom stereocenters. The quantitative estimate of drug-likeness (QED) is 0.279. The molecule has 0 bridgehead atoms. The topological polar surface area (TPSA) is 96.9 Å². The highest BCUT2D eigenvalue weighted by atomic mass is 19.1. The van der Waals surface area contributed by atoms with Crippen molar-refractivity contribution in [3.63, 3.8) is 0 Å². The van der Waals surface area contributed by atoms with Crippen LogP contribution in [-0.2, 0) is 11.2 Å². The molecule has 252 valence electrons. The van der Waals surface area contributed by atoms with E-state index in [0.29, 0.717) is 25.1 Å². The molecule has 9 nitrogen and oxygen atoms in total. The zero-order valence-electron chi connectivity index (χ0n) is 28.2. The van der Waals surface area contributed by atoms with Crippen LogP contribution in [0.1, 0.15) is 89.0 Å². The van der Waals surface area contributed by atoms with Crippen LogP contribution in [0.2, 0.25) is 0 Å². The molecule has 3 aromatic rings. The van der Waals surface area contributed by atoms with Crippen molar-refractivity contribution in [1.82, 2.24) is 25.1 Å². The summed E-state index contributed by atoms with van der Waals surface area (Å²) in [6.07, 6.45) is 4.32. The largest absolute Gasteiger partial charge is 0.453 e. The fourth-order valence-electron chi connectivity index (χ4n) is 7.10. The molecule has 0 aliphatic carbocycles. The number of likely N-dealkylation sites (tertiary alicyclic amines) is 1. The van der Waals surface area contributed by atoms with E-state index in [0.717, 1.165) is 18.5 Å². The second kappa shape index (κ2) is 13.5. The number of halogens is 2. The van der Waals surface area contributed by atoms with Gasteiger partial charge < -0.3 is 19.7 Å². The first-order valence-electron chi connectivity index (χ1n) is 16.3. The highest BCUT2D eigenvalue weighted by Gasteiger charge is 2.57. The lowest BCUT2D eigenvalue weighted by atomic mass is 9.76. The minimum atomic E-state index is -0.765. The van der Waals surface area contributed by atoms with Gasteiger partial charge in [0.15, 0.2) is 5.75 Å². The smallest absolute Gasteiger partial charge is 0.411 e. The van der Waals surface area contributed by atoms with E-state index in [2.05, 4.69) is 10.3 Å². The fourth-order valence-corrected chi connectivity index (χ4v) is 7.10. The molecule has 1 spiro atoms. The Labute approximate surface area is 275 Å². The Bertz CT molecular complexity index is 1580. The Balaban J connectivity index is 1.60. The predicted octanol–water partition coefficient (Wildman–Crippen LogP) is 7.08. The van der Waals surface area contributed by atoms with Crippen molar-refractivity contribution in [2.45, 2.75) is 97.5 Å². The highest BCUT2D eigenvalue weighted by Crippen LogP contribution is 2.55. The number of carbonyl (C=O) groups excluding carboxylic acids is 2. The second-order valence-corrected chi connectivity index (χ2v) is 14.2. The molecular weight excluding hydrogens is 604 g/mol. The van der Waals surface area contributed by atoms with Crippen LogP contribution in [0.15, 0.2) is 55.0 Å². The van der Waals surface area contributed by atoms with Gasteiger partial charge in [0.05, 0.1) is 17.8 Å². The Kier molecular flexibility index (Phi) is 9.86. The van der Waals surface area contributed by atoms with Crippen molar-refractivity contribution in [1.29, 1.82) is 0 Å². The molecule has 2 aromatic carbocycles. The van der Waals surface area contributed by atoms with Crippen LogP contribution in [0, 0.1) is 17.0 Å². The Morgan fingerprint density at radius 3 is 2.34 bits per heavy atom. The van der Waals surface area contributed by atoms with Crippen LogP contribution < -0.4 is 10.1 Å². The summed E-state index contributed by atoms with van der Waals surface area (Å²) in [6, 6.07) is 9.02. The number of aromatic nitrogens is 2. The van der Waals surface area contributed by atoms with Gasteiger partial charge in [0.2, 0.25) is 0 Å². The van der Waals surface area contributed by atoms with Gasteiger partial charge in [-0.15, -0.1) is 0 Å². The SMILES string of the molecule is CC(C)N(C(=O)c1cc(F)ccc1Oc1cncnc1C1N(C(=O)OC(C)(C)C)C(Cc2ccc(F)cc2)CC12CCNC2)C(C)C. The molecule has 3 unspecified atom stereocenters. The van der Waals surface area contributed by atoms with E-state index in [-0.39, 0.29) is 46.9 Å². The first-order chi connectivity index (χ1) is 22.2. The van der Waals surface area contributed by atoms with Crippen LogP contribution in [0.3, 0.4) is 0 Å². The van der Waals surface area contributed by atoms with Gasteiger partial charge in [0, 0.05) is 30.1 Å². The third-order valence-corrected chi connectivity index (χ3v) is 8.87. The van der Waals surface area contributed by atoms with Gasteiger partial charge in [0.1, 0.15) is 35.0 Å². The standard InChI is InChI=1S/C36H45F2N5O4/c1-22(2)42(23(3)4)33(44)28-17-26(38)12-13-29(28)46-30-19-40-21-41-31(30)32-36(14-15-39-20-36)18-27(16-24-8-10-25(37)11-9-24)43(32)34(45)47-35(5,6)7/h8-13,17,19,21-23,27,32,39H,14-16,18,20H2,1-7H3. The van der Waals surface area contributed by atoms with E-state index in [9.17, 15) is 18.4 Å². The molecule has 5 rings (SSSR count). The van der Waals surface area contributed by atoms with Gasteiger partial charge in [-0.2, -0.15) is 0 Å². The predicted molar refractivity (Wildman–Crippen MR) is 174 cm³/mol. The minimum absolute atomic E-state index is 0.0732. The molecule has 2 amide bonds. The molecule has 0 radical (unpaired) electrons. The number of hydrogen-bond donors (Lipinski definition) is 1. The molecule has 0 saturated carbocycles. The highest BCUT2D eigenvalue weighted by molar-refractivity contribution is 5.97. The third kappa shape index (κ3) is 7.40. The molecule has 11 heteroatoms. The molecule has 2 fully saturated rings. The fraction of sp³-hybridized carbons (Fsp3) is 0.500. The summed E-state index contributed by atoms with van der Waals surface area (Å²) >= 11 is 0.